The first-order valence-corrected chi connectivity index (χ1v) is 10.1. The molecule has 0 saturated carbocycles. The normalized spacial score (nSPS) is 19.6. The molecule has 0 aromatic heterocycles. The first kappa shape index (κ1) is 21.5. The van der Waals surface area contributed by atoms with Crippen molar-refractivity contribution in [3.8, 4) is 0 Å². The van der Waals surface area contributed by atoms with Crippen LogP contribution in [0.15, 0.2) is 30.0 Å². The molecule has 1 aromatic carbocycles. The fourth-order valence-corrected chi connectivity index (χ4v) is 3.73. The first-order valence-electron chi connectivity index (χ1n) is 10.1. The van der Waals surface area contributed by atoms with E-state index in [0.717, 1.165) is 24.0 Å². The highest BCUT2D eigenvalue weighted by atomic mass is 16.5. The Hall–Kier alpha value is -2.22. The maximum Gasteiger partial charge on any atom is 0.277 e. The van der Waals surface area contributed by atoms with E-state index in [9.17, 15) is 9.59 Å². The number of aryl methyl sites for hydroxylation is 1. The van der Waals surface area contributed by atoms with Crippen molar-refractivity contribution in [1.82, 2.24) is 9.80 Å². The van der Waals surface area contributed by atoms with Gasteiger partial charge in [-0.25, -0.2) is 0 Å². The fraction of sp³-hybridized carbons (Fsp3) is 0.545. The van der Waals surface area contributed by atoms with Crippen LogP contribution in [0.25, 0.3) is 5.57 Å². The van der Waals surface area contributed by atoms with Gasteiger partial charge in [0.1, 0.15) is 5.70 Å². The largest absolute Gasteiger partial charge is 0.383 e. The molecule has 2 amide bonds. The molecule has 7 nitrogen and oxygen atoms in total. The Bertz CT molecular complexity index is 745. The van der Waals surface area contributed by atoms with Crippen LogP contribution < -0.4 is 0 Å². The summed E-state index contributed by atoms with van der Waals surface area (Å²) in [7, 11) is 3.24. The molecule has 2 aliphatic rings. The summed E-state index contributed by atoms with van der Waals surface area (Å²) in [5.41, 5.74) is 2.71. The fourth-order valence-electron chi connectivity index (χ4n) is 3.73. The molecule has 158 valence electrons. The van der Waals surface area contributed by atoms with Crippen molar-refractivity contribution in [3.05, 3.63) is 41.1 Å². The lowest BCUT2D eigenvalue weighted by molar-refractivity contribution is -0.139. The summed E-state index contributed by atoms with van der Waals surface area (Å²) >= 11 is 0. The molecule has 0 radical (unpaired) electrons. The number of hydrogen-bond donors (Lipinski definition) is 0. The van der Waals surface area contributed by atoms with Crippen molar-refractivity contribution in [1.29, 1.82) is 0 Å². The highest BCUT2D eigenvalue weighted by Gasteiger charge is 2.42. The predicted molar refractivity (Wildman–Crippen MR) is 109 cm³/mol. The number of rotatable bonds is 10. The predicted octanol–water partition coefficient (Wildman–Crippen LogP) is 1.85. The molecule has 2 aliphatic heterocycles. The molecule has 1 atom stereocenters. The van der Waals surface area contributed by atoms with Crippen molar-refractivity contribution in [2.45, 2.75) is 25.9 Å². The van der Waals surface area contributed by atoms with Crippen LogP contribution in [-0.2, 0) is 23.8 Å². The Morgan fingerprint density at radius 1 is 1.07 bits per heavy atom. The summed E-state index contributed by atoms with van der Waals surface area (Å²) in [6, 6.07) is 7.71. The lowest BCUT2D eigenvalue weighted by Crippen LogP contribution is -2.41. The van der Waals surface area contributed by atoms with Gasteiger partial charge in [-0.05, 0) is 25.3 Å². The highest BCUT2D eigenvalue weighted by Crippen LogP contribution is 2.32. The highest BCUT2D eigenvalue weighted by molar-refractivity contribution is 6.35. The zero-order chi connectivity index (χ0) is 20.8. The molecular formula is C22H30N2O5. The van der Waals surface area contributed by atoms with E-state index >= 15 is 0 Å². The SMILES string of the molecule is COCCN(CCOC)C1=C(c2ccc(C)cc2)C(=O)N(CC2CCCO2)C1=O. The van der Waals surface area contributed by atoms with Gasteiger partial charge in [-0.3, -0.25) is 14.5 Å². The number of benzene rings is 1. The number of ether oxygens (including phenoxy) is 3. The quantitative estimate of drug-likeness (QED) is 0.557. The van der Waals surface area contributed by atoms with E-state index in [0.29, 0.717) is 50.7 Å². The molecule has 1 fully saturated rings. The second kappa shape index (κ2) is 10.0. The van der Waals surface area contributed by atoms with Gasteiger partial charge < -0.3 is 19.1 Å². The van der Waals surface area contributed by atoms with E-state index in [1.807, 2.05) is 36.1 Å². The smallest absolute Gasteiger partial charge is 0.277 e. The van der Waals surface area contributed by atoms with E-state index < -0.39 is 0 Å². The number of carbonyl (C=O) groups is 2. The average Bonchev–Trinajstić information content (AvgIpc) is 3.32. The van der Waals surface area contributed by atoms with E-state index in [1.165, 1.54) is 4.90 Å². The van der Waals surface area contributed by atoms with Crippen LogP contribution in [0.5, 0.6) is 0 Å². The van der Waals surface area contributed by atoms with E-state index in [2.05, 4.69) is 0 Å². The monoisotopic (exact) mass is 402 g/mol. The summed E-state index contributed by atoms with van der Waals surface area (Å²) in [6.45, 7) is 4.85. The summed E-state index contributed by atoms with van der Waals surface area (Å²) in [4.78, 5) is 30.0. The Balaban J connectivity index is 1.98. The first-order chi connectivity index (χ1) is 14.1. The lowest BCUT2D eigenvalue weighted by atomic mass is 10.0. The van der Waals surface area contributed by atoms with Crippen LogP contribution in [-0.4, -0.2) is 81.4 Å². The zero-order valence-electron chi connectivity index (χ0n) is 17.5. The van der Waals surface area contributed by atoms with Crippen LogP contribution in [0.2, 0.25) is 0 Å². The molecule has 0 spiro atoms. The molecule has 1 unspecified atom stereocenters. The van der Waals surface area contributed by atoms with Gasteiger partial charge in [-0.1, -0.05) is 29.8 Å². The van der Waals surface area contributed by atoms with Gasteiger partial charge in [-0.2, -0.15) is 0 Å². The van der Waals surface area contributed by atoms with Gasteiger partial charge in [-0.15, -0.1) is 0 Å². The molecule has 3 rings (SSSR count). The van der Waals surface area contributed by atoms with Crippen LogP contribution in [0.1, 0.15) is 24.0 Å². The van der Waals surface area contributed by atoms with Gasteiger partial charge in [0, 0.05) is 33.9 Å². The van der Waals surface area contributed by atoms with E-state index in [1.54, 1.807) is 14.2 Å². The molecule has 1 saturated heterocycles. The third-order valence-electron chi connectivity index (χ3n) is 5.34. The topological polar surface area (TPSA) is 68.3 Å². The maximum absolute atomic E-state index is 13.4. The maximum atomic E-state index is 13.4. The van der Waals surface area contributed by atoms with Crippen molar-refractivity contribution in [3.63, 3.8) is 0 Å². The Morgan fingerprint density at radius 3 is 2.28 bits per heavy atom. The minimum Gasteiger partial charge on any atom is -0.383 e. The summed E-state index contributed by atoms with van der Waals surface area (Å²) in [5.74, 6) is -0.530. The van der Waals surface area contributed by atoms with Gasteiger partial charge in [0.25, 0.3) is 11.8 Å². The molecular weight excluding hydrogens is 372 g/mol. The van der Waals surface area contributed by atoms with Gasteiger partial charge in [0.15, 0.2) is 0 Å². The number of amides is 2. The molecule has 1 aromatic rings. The molecule has 29 heavy (non-hydrogen) atoms. The number of imide groups is 1. The van der Waals surface area contributed by atoms with Gasteiger partial charge in [0.05, 0.1) is 31.4 Å². The minimum atomic E-state index is -0.270. The zero-order valence-corrected chi connectivity index (χ0v) is 17.5. The molecule has 0 aliphatic carbocycles. The minimum absolute atomic E-state index is 0.0899. The Labute approximate surface area is 172 Å². The van der Waals surface area contributed by atoms with E-state index in [-0.39, 0.29) is 17.9 Å². The van der Waals surface area contributed by atoms with Crippen LogP contribution in [0.3, 0.4) is 0 Å². The molecule has 0 bridgehead atoms. The van der Waals surface area contributed by atoms with Crippen LogP contribution >= 0.6 is 0 Å². The lowest BCUT2D eigenvalue weighted by Gasteiger charge is -2.26. The summed E-state index contributed by atoms with van der Waals surface area (Å²) in [5, 5.41) is 0. The van der Waals surface area contributed by atoms with E-state index in [4.69, 9.17) is 14.2 Å². The van der Waals surface area contributed by atoms with Crippen molar-refractivity contribution < 1.29 is 23.8 Å². The van der Waals surface area contributed by atoms with Crippen molar-refractivity contribution in [2.75, 3.05) is 53.7 Å². The number of methoxy groups -OCH3 is 2. The summed E-state index contributed by atoms with van der Waals surface area (Å²) in [6.07, 6.45) is 1.73. The molecule has 0 N–H and O–H groups in total. The Morgan fingerprint density at radius 2 is 1.72 bits per heavy atom. The van der Waals surface area contributed by atoms with Crippen LogP contribution in [0.4, 0.5) is 0 Å². The second-order valence-electron chi connectivity index (χ2n) is 7.42. The number of nitrogens with zero attached hydrogens (tertiary/aromatic N) is 2. The molecule has 7 heteroatoms. The summed E-state index contributed by atoms with van der Waals surface area (Å²) < 4.78 is 16.1. The van der Waals surface area contributed by atoms with Gasteiger partial charge in [0.2, 0.25) is 0 Å². The van der Waals surface area contributed by atoms with Crippen LogP contribution in [0, 0.1) is 6.92 Å². The third-order valence-corrected chi connectivity index (χ3v) is 5.34. The second-order valence-corrected chi connectivity index (χ2v) is 7.42. The van der Waals surface area contributed by atoms with Crippen molar-refractivity contribution >= 4 is 17.4 Å². The Kier molecular flexibility index (Phi) is 7.41. The standard InChI is InChI=1S/C22H30N2O5/c1-16-6-8-17(9-7-16)19-20(23(10-13-27-2)11-14-28-3)22(26)24(21(19)25)15-18-5-4-12-29-18/h6-9,18H,4-5,10-15H2,1-3H3. The average molecular weight is 402 g/mol. The van der Waals surface area contributed by atoms with Crippen molar-refractivity contribution in [2.24, 2.45) is 0 Å². The van der Waals surface area contributed by atoms with Gasteiger partial charge >= 0.3 is 0 Å². The number of hydrogen-bond acceptors (Lipinski definition) is 6. The molecule has 2 heterocycles. The number of carbonyl (C=O) groups excluding carboxylic acids is 2. The third kappa shape index (κ3) is 4.86.